The lowest BCUT2D eigenvalue weighted by Gasteiger charge is -2.17. The molecule has 0 amide bonds. The molecular weight excluding hydrogens is 198 g/mol. The predicted octanol–water partition coefficient (Wildman–Crippen LogP) is 2.40. The Morgan fingerprint density at radius 3 is 2.50 bits per heavy atom. The Morgan fingerprint density at radius 1 is 1.50 bits per heavy atom. The van der Waals surface area contributed by atoms with Crippen molar-refractivity contribution in [3.05, 3.63) is 29.0 Å². The van der Waals surface area contributed by atoms with Crippen LogP contribution in [0.2, 0.25) is 5.15 Å². The zero-order valence-corrected chi connectivity index (χ0v) is 9.17. The van der Waals surface area contributed by atoms with Crippen LogP contribution in [-0.4, -0.2) is 16.7 Å². The number of pyridine rings is 1. The normalized spacial score (nSPS) is 28.9. The molecule has 0 aliphatic heterocycles. The molecule has 0 radical (unpaired) electrons. The molecule has 3 heteroatoms. The van der Waals surface area contributed by atoms with Gasteiger partial charge >= 0.3 is 0 Å². The number of aliphatic hydroxyl groups is 1. The molecule has 0 spiro atoms. The Labute approximate surface area is 88.9 Å². The van der Waals surface area contributed by atoms with Gasteiger partial charge in [-0.3, -0.25) is 0 Å². The summed E-state index contributed by atoms with van der Waals surface area (Å²) in [5.41, 5.74) is 1.18. The molecule has 14 heavy (non-hydrogen) atoms. The van der Waals surface area contributed by atoms with Crippen molar-refractivity contribution >= 4 is 11.6 Å². The van der Waals surface area contributed by atoms with E-state index in [4.69, 9.17) is 11.6 Å². The highest BCUT2D eigenvalue weighted by Gasteiger charge is 2.61. The molecule has 1 aliphatic rings. The van der Waals surface area contributed by atoms with Crippen LogP contribution in [0.3, 0.4) is 0 Å². The first-order valence-corrected chi connectivity index (χ1v) is 5.12. The molecule has 1 aromatic heterocycles. The Balaban J connectivity index is 2.36. The summed E-state index contributed by atoms with van der Waals surface area (Å²) in [7, 11) is 0. The molecule has 0 aromatic carbocycles. The topological polar surface area (TPSA) is 33.1 Å². The first kappa shape index (κ1) is 9.94. The molecule has 1 N–H and O–H groups in total. The van der Waals surface area contributed by atoms with Gasteiger partial charge in [-0.2, -0.15) is 0 Å². The second kappa shape index (κ2) is 2.94. The molecule has 1 heterocycles. The van der Waals surface area contributed by atoms with Gasteiger partial charge in [-0.25, -0.2) is 4.98 Å². The largest absolute Gasteiger partial charge is 0.395 e. The molecule has 2 nitrogen and oxygen atoms in total. The van der Waals surface area contributed by atoms with E-state index in [0.717, 1.165) is 12.0 Å². The predicted molar refractivity (Wildman–Crippen MR) is 56.4 cm³/mol. The van der Waals surface area contributed by atoms with Crippen molar-refractivity contribution in [1.29, 1.82) is 0 Å². The number of nitrogens with zero attached hydrogens (tertiary/aromatic N) is 1. The lowest BCUT2D eigenvalue weighted by molar-refractivity contribution is 0.231. The molecule has 1 fully saturated rings. The van der Waals surface area contributed by atoms with E-state index >= 15 is 0 Å². The summed E-state index contributed by atoms with van der Waals surface area (Å²) in [4.78, 5) is 4.05. The highest BCUT2D eigenvalue weighted by molar-refractivity contribution is 6.29. The summed E-state index contributed by atoms with van der Waals surface area (Å²) >= 11 is 5.72. The van der Waals surface area contributed by atoms with Crippen LogP contribution in [0.1, 0.15) is 25.8 Å². The Morgan fingerprint density at radius 2 is 2.14 bits per heavy atom. The number of aromatic nitrogens is 1. The standard InChI is InChI=1S/C11H14ClNO/c1-10(2)6-11(10,7-14)8-3-4-9(12)13-5-8/h3-5,14H,6-7H2,1-2H3. The maximum Gasteiger partial charge on any atom is 0.129 e. The molecule has 2 rings (SSSR count). The van der Waals surface area contributed by atoms with Crippen LogP contribution in [0.4, 0.5) is 0 Å². The summed E-state index contributed by atoms with van der Waals surface area (Å²) < 4.78 is 0. The fraction of sp³-hybridized carbons (Fsp3) is 0.545. The maximum absolute atomic E-state index is 9.45. The maximum atomic E-state index is 9.45. The van der Waals surface area contributed by atoms with E-state index in [0.29, 0.717) is 5.15 Å². The zero-order valence-electron chi connectivity index (χ0n) is 8.42. The van der Waals surface area contributed by atoms with Crippen molar-refractivity contribution in [1.82, 2.24) is 4.98 Å². The van der Waals surface area contributed by atoms with E-state index in [-0.39, 0.29) is 17.4 Å². The van der Waals surface area contributed by atoms with Crippen LogP contribution < -0.4 is 0 Å². The average Bonchev–Trinajstić information content (AvgIpc) is 2.71. The summed E-state index contributed by atoms with van der Waals surface area (Å²) in [5.74, 6) is 0. The Bertz CT molecular complexity index is 347. The fourth-order valence-electron chi connectivity index (χ4n) is 2.22. The third-order valence-corrected chi connectivity index (χ3v) is 3.69. The molecular formula is C11H14ClNO. The first-order chi connectivity index (χ1) is 6.52. The van der Waals surface area contributed by atoms with Crippen LogP contribution in [0.25, 0.3) is 0 Å². The minimum absolute atomic E-state index is 0.0927. The summed E-state index contributed by atoms with van der Waals surface area (Å²) in [6, 6.07) is 3.74. The van der Waals surface area contributed by atoms with E-state index in [1.165, 1.54) is 0 Å². The third kappa shape index (κ3) is 1.25. The number of rotatable bonds is 2. The van der Waals surface area contributed by atoms with E-state index in [2.05, 4.69) is 18.8 Å². The molecule has 1 aliphatic carbocycles. The van der Waals surface area contributed by atoms with Gasteiger partial charge in [-0.05, 0) is 23.5 Å². The highest BCUT2D eigenvalue weighted by atomic mass is 35.5. The van der Waals surface area contributed by atoms with Crippen molar-refractivity contribution < 1.29 is 5.11 Å². The van der Waals surface area contributed by atoms with E-state index in [9.17, 15) is 5.11 Å². The van der Waals surface area contributed by atoms with Crippen LogP contribution >= 0.6 is 11.6 Å². The number of aliphatic hydroxyl groups excluding tert-OH is 1. The van der Waals surface area contributed by atoms with Gasteiger partial charge in [-0.1, -0.05) is 31.5 Å². The molecule has 76 valence electrons. The van der Waals surface area contributed by atoms with Gasteiger partial charge in [-0.15, -0.1) is 0 Å². The highest BCUT2D eigenvalue weighted by Crippen LogP contribution is 2.63. The van der Waals surface area contributed by atoms with Crippen LogP contribution in [0, 0.1) is 5.41 Å². The molecule has 1 atom stereocenters. The lowest BCUT2D eigenvalue weighted by Crippen LogP contribution is -2.19. The van der Waals surface area contributed by atoms with Crippen LogP contribution in [0.15, 0.2) is 18.3 Å². The van der Waals surface area contributed by atoms with Gasteiger partial charge < -0.3 is 5.11 Å². The van der Waals surface area contributed by atoms with Crippen LogP contribution in [0.5, 0.6) is 0 Å². The van der Waals surface area contributed by atoms with E-state index in [1.807, 2.05) is 6.07 Å². The quantitative estimate of drug-likeness (QED) is 0.763. The summed E-state index contributed by atoms with van der Waals surface area (Å²) in [5, 5.41) is 9.95. The molecule has 1 saturated carbocycles. The summed E-state index contributed by atoms with van der Waals surface area (Å²) in [6.07, 6.45) is 2.78. The van der Waals surface area contributed by atoms with Crippen molar-refractivity contribution in [2.75, 3.05) is 6.61 Å². The van der Waals surface area contributed by atoms with E-state index < -0.39 is 0 Å². The lowest BCUT2D eigenvalue weighted by atomic mass is 9.90. The molecule has 0 saturated heterocycles. The van der Waals surface area contributed by atoms with Gasteiger partial charge in [0.25, 0.3) is 0 Å². The van der Waals surface area contributed by atoms with Crippen LogP contribution in [-0.2, 0) is 5.41 Å². The van der Waals surface area contributed by atoms with Gasteiger partial charge in [0.1, 0.15) is 5.15 Å². The minimum atomic E-state index is -0.0927. The monoisotopic (exact) mass is 211 g/mol. The Hall–Kier alpha value is -0.600. The molecule has 0 bridgehead atoms. The SMILES string of the molecule is CC1(C)CC1(CO)c1ccc(Cl)nc1. The smallest absolute Gasteiger partial charge is 0.129 e. The van der Waals surface area contributed by atoms with Gasteiger partial charge in [0, 0.05) is 11.6 Å². The zero-order chi connectivity index (χ0) is 10.4. The van der Waals surface area contributed by atoms with Crippen molar-refractivity contribution in [3.63, 3.8) is 0 Å². The summed E-state index contributed by atoms with van der Waals surface area (Å²) in [6.45, 7) is 4.51. The molecule has 1 unspecified atom stereocenters. The van der Waals surface area contributed by atoms with Gasteiger partial charge in [0.15, 0.2) is 0 Å². The average molecular weight is 212 g/mol. The van der Waals surface area contributed by atoms with E-state index in [1.54, 1.807) is 12.3 Å². The molecule has 1 aromatic rings. The minimum Gasteiger partial charge on any atom is -0.395 e. The van der Waals surface area contributed by atoms with Gasteiger partial charge in [0.2, 0.25) is 0 Å². The Kier molecular flexibility index (Phi) is 2.09. The third-order valence-electron chi connectivity index (χ3n) is 3.46. The first-order valence-electron chi connectivity index (χ1n) is 4.75. The van der Waals surface area contributed by atoms with Crippen molar-refractivity contribution in [3.8, 4) is 0 Å². The second-order valence-electron chi connectivity index (χ2n) is 4.67. The van der Waals surface area contributed by atoms with Crippen molar-refractivity contribution in [2.24, 2.45) is 5.41 Å². The number of hydrogen-bond donors (Lipinski definition) is 1. The number of hydrogen-bond acceptors (Lipinski definition) is 2. The second-order valence-corrected chi connectivity index (χ2v) is 5.06. The van der Waals surface area contributed by atoms with Gasteiger partial charge in [0.05, 0.1) is 6.61 Å². The van der Waals surface area contributed by atoms with Crippen molar-refractivity contribution in [2.45, 2.75) is 25.7 Å². The number of halogens is 1. The fourth-order valence-corrected chi connectivity index (χ4v) is 2.33.